The maximum Gasteiger partial charge on any atom is 0.235 e. The van der Waals surface area contributed by atoms with Crippen molar-refractivity contribution in [2.75, 3.05) is 0 Å². The minimum atomic E-state index is -0.418. The van der Waals surface area contributed by atoms with Gasteiger partial charge in [-0.1, -0.05) is 12.1 Å². The molecule has 0 radical (unpaired) electrons. The van der Waals surface area contributed by atoms with Gasteiger partial charge in [0.05, 0.1) is 11.6 Å². The quantitative estimate of drug-likeness (QED) is 0.662. The van der Waals surface area contributed by atoms with Crippen molar-refractivity contribution in [3.63, 3.8) is 0 Å². The summed E-state index contributed by atoms with van der Waals surface area (Å²) in [7, 11) is 0. The molecule has 1 atom stereocenters. The molecule has 1 N–H and O–H groups in total. The summed E-state index contributed by atoms with van der Waals surface area (Å²) in [5, 5.41) is 4.05. The zero-order chi connectivity index (χ0) is 14.1. The summed E-state index contributed by atoms with van der Waals surface area (Å²) >= 11 is 0. The molecule has 1 aliphatic heterocycles. The summed E-state index contributed by atoms with van der Waals surface area (Å²) < 4.78 is 0. The third-order valence-corrected chi connectivity index (χ3v) is 3.52. The van der Waals surface area contributed by atoms with Gasteiger partial charge in [0.1, 0.15) is 6.29 Å². The molecule has 2 amide bonds. The van der Waals surface area contributed by atoms with Crippen molar-refractivity contribution in [2.45, 2.75) is 18.8 Å². The van der Waals surface area contributed by atoms with E-state index in [0.29, 0.717) is 24.1 Å². The second kappa shape index (κ2) is 4.85. The number of imide groups is 1. The van der Waals surface area contributed by atoms with E-state index in [4.69, 9.17) is 0 Å². The van der Waals surface area contributed by atoms with Gasteiger partial charge in [0, 0.05) is 23.6 Å². The number of nitrogens with zero attached hydrogens (tertiary/aromatic N) is 1. The van der Waals surface area contributed by atoms with E-state index >= 15 is 0 Å². The molecule has 0 spiro atoms. The summed E-state index contributed by atoms with van der Waals surface area (Å²) in [4.78, 5) is 38.3. The Morgan fingerprint density at radius 3 is 2.85 bits per heavy atom. The number of carbonyl (C=O) groups is 3. The van der Waals surface area contributed by atoms with E-state index in [9.17, 15) is 14.4 Å². The van der Waals surface area contributed by atoms with Gasteiger partial charge in [-0.15, -0.1) is 0 Å². The minimum Gasteiger partial charge on any atom is -0.298 e. The van der Waals surface area contributed by atoms with Crippen LogP contribution in [0.2, 0.25) is 0 Å². The van der Waals surface area contributed by atoms with Gasteiger partial charge >= 0.3 is 0 Å². The van der Waals surface area contributed by atoms with E-state index in [1.54, 1.807) is 30.5 Å². The van der Waals surface area contributed by atoms with Crippen LogP contribution in [0.4, 0.5) is 0 Å². The topological polar surface area (TPSA) is 76.1 Å². The van der Waals surface area contributed by atoms with Gasteiger partial charge in [0.25, 0.3) is 0 Å². The van der Waals surface area contributed by atoms with Crippen LogP contribution in [0.25, 0.3) is 10.8 Å². The molecule has 0 bridgehead atoms. The summed E-state index contributed by atoms with van der Waals surface area (Å²) in [6, 6.07) is 7.06. The lowest BCUT2D eigenvalue weighted by molar-refractivity contribution is -0.134. The second-order valence-corrected chi connectivity index (χ2v) is 4.80. The zero-order valence-electron chi connectivity index (χ0n) is 10.6. The first-order valence-corrected chi connectivity index (χ1v) is 6.36. The van der Waals surface area contributed by atoms with Crippen LogP contribution in [0.15, 0.2) is 30.5 Å². The Balaban J connectivity index is 2.09. The maximum atomic E-state index is 11.9. The smallest absolute Gasteiger partial charge is 0.235 e. The third kappa shape index (κ3) is 2.07. The van der Waals surface area contributed by atoms with Crippen LogP contribution < -0.4 is 5.32 Å². The fourth-order valence-electron chi connectivity index (χ4n) is 2.53. The van der Waals surface area contributed by atoms with Crippen molar-refractivity contribution in [1.29, 1.82) is 0 Å². The molecule has 1 aliphatic rings. The van der Waals surface area contributed by atoms with Gasteiger partial charge < -0.3 is 0 Å². The third-order valence-electron chi connectivity index (χ3n) is 3.52. The Labute approximate surface area is 115 Å². The Kier molecular flexibility index (Phi) is 3.02. The van der Waals surface area contributed by atoms with Crippen molar-refractivity contribution >= 4 is 28.9 Å². The van der Waals surface area contributed by atoms with Crippen molar-refractivity contribution in [3.8, 4) is 0 Å². The first-order chi connectivity index (χ1) is 9.69. The Morgan fingerprint density at radius 1 is 1.25 bits per heavy atom. The number of fused-ring (bicyclic) bond motifs is 1. The average molecular weight is 268 g/mol. The lowest BCUT2D eigenvalue weighted by Crippen LogP contribution is -2.39. The van der Waals surface area contributed by atoms with Gasteiger partial charge in [-0.25, -0.2) is 0 Å². The second-order valence-electron chi connectivity index (χ2n) is 4.80. The molecule has 1 fully saturated rings. The molecular formula is C15H12N2O3. The predicted octanol–water partition coefficient (Wildman–Crippen LogP) is 1.57. The van der Waals surface area contributed by atoms with Crippen LogP contribution in [-0.2, 0) is 9.59 Å². The van der Waals surface area contributed by atoms with Crippen LogP contribution in [0.1, 0.15) is 34.8 Å². The number of pyridine rings is 1. The fraction of sp³-hybridized carbons (Fsp3) is 0.200. The highest BCUT2D eigenvalue weighted by Gasteiger charge is 2.30. The highest BCUT2D eigenvalue weighted by Crippen LogP contribution is 2.29. The zero-order valence-corrected chi connectivity index (χ0v) is 10.6. The number of aldehydes is 1. The number of hydrogen-bond acceptors (Lipinski definition) is 4. The van der Waals surface area contributed by atoms with Gasteiger partial charge in [-0.05, 0) is 23.9 Å². The first kappa shape index (κ1) is 12.5. The van der Waals surface area contributed by atoms with Crippen molar-refractivity contribution in [1.82, 2.24) is 10.3 Å². The lowest BCUT2D eigenvalue weighted by atomic mass is 9.91. The lowest BCUT2D eigenvalue weighted by Gasteiger charge is -2.21. The van der Waals surface area contributed by atoms with E-state index in [1.165, 1.54) is 0 Å². The minimum absolute atomic E-state index is 0.241. The number of nitrogens with one attached hydrogen (secondary N) is 1. The van der Waals surface area contributed by atoms with Crippen molar-refractivity contribution < 1.29 is 14.4 Å². The van der Waals surface area contributed by atoms with Gasteiger partial charge in [-0.3, -0.25) is 24.7 Å². The van der Waals surface area contributed by atoms with Crippen LogP contribution in [-0.4, -0.2) is 23.1 Å². The summed E-state index contributed by atoms with van der Waals surface area (Å²) in [6.07, 6.45) is 3.19. The molecule has 20 heavy (non-hydrogen) atoms. The number of carbonyl (C=O) groups excluding carboxylic acids is 3. The molecular weight excluding hydrogens is 256 g/mol. The van der Waals surface area contributed by atoms with E-state index in [-0.39, 0.29) is 11.8 Å². The van der Waals surface area contributed by atoms with Crippen LogP contribution >= 0.6 is 0 Å². The molecule has 0 saturated carbocycles. The molecule has 3 rings (SSSR count). The fourth-order valence-corrected chi connectivity index (χ4v) is 2.53. The molecule has 1 saturated heterocycles. The molecule has 0 aliphatic carbocycles. The largest absolute Gasteiger partial charge is 0.298 e. The highest BCUT2D eigenvalue weighted by molar-refractivity contribution is 6.02. The Hall–Kier alpha value is -2.56. The monoisotopic (exact) mass is 268 g/mol. The highest BCUT2D eigenvalue weighted by atomic mass is 16.2. The molecule has 1 unspecified atom stereocenters. The van der Waals surface area contributed by atoms with E-state index in [2.05, 4.69) is 10.3 Å². The molecule has 1 aromatic heterocycles. The first-order valence-electron chi connectivity index (χ1n) is 6.36. The van der Waals surface area contributed by atoms with E-state index in [1.807, 2.05) is 0 Å². The normalized spacial score (nSPS) is 18.9. The Morgan fingerprint density at radius 2 is 2.10 bits per heavy atom. The average Bonchev–Trinajstić information content (AvgIpc) is 2.46. The van der Waals surface area contributed by atoms with E-state index < -0.39 is 5.92 Å². The SMILES string of the molecule is O=Cc1ccc2c(C3CCC(=O)NC3=O)nccc2c1. The van der Waals surface area contributed by atoms with Crippen LogP contribution in [0.5, 0.6) is 0 Å². The van der Waals surface area contributed by atoms with Gasteiger partial charge in [-0.2, -0.15) is 0 Å². The van der Waals surface area contributed by atoms with Crippen molar-refractivity contribution in [3.05, 3.63) is 41.7 Å². The standard InChI is InChI=1S/C15H12N2O3/c18-8-9-1-2-11-10(7-9)5-6-16-14(11)12-3-4-13(19)17-15(12)20/h1-2,5-8,12H,3-4H2,(H,17,19,20). The summed E-state index contributed by atoms with van der Waals surface area (Å²) in [5.41, 5.74) is 1.24. The molecule has 2 heterocycles. The van der Waals surface area contributed by atoms with Crippen LogP contribution in [0.3, 0.4) is 0 Å². The van der Waals surface area contributed by atoms with Crippen molar-refractivity contribution in [2.24, 2.45) is 0 Å². The maximum absolute atomic E-state index is 11.9. The number of piperidine rings is 1. The molecule has 2 aromatic rings. The van der Waals surface area contributed by atoms with Crippen LogP contribution in [0, 0.1) is 0 Å². The predicted molar refractivity (Wildman–Crippen MR) is 72.3 cm³/mol. The number of aromatic nitrogens is 1. The van der Waals surface area contributed by atoms with Gasteiger partial charge in [0.15, 0.2) is 0 Å². The summed E-state index contributed by atoms with van der Waals surface area (Å²) in [6.45, 7) is 0. The molecule has 100 valence electrons. The Bertz CT molecular complexity index is 724. The molecule has 1 aromatic carbocycles. The molecule has 5 nitrogen and oxygen atoms in total. The molecule has 5 heteroatoms. The number of benzene rings is 1. The number of amides is 2. The van der Waals surface area contributed by atoms with Gasteiger partial charge in [0.2, 0.25) is 11.8 Å². The number of rotatable bonds is 2. The summed E-state index contributed by atoms with van der Waals surface area (Å²) in [5.74, 6) is -0.964. The van der Waals surface area contributed by atoms with E-state index in [0.717, 1.165) is 17.1 Å². The number of hydrogen-bond donors (Lipinski definition) is 1.